The third-order valence-electron chi connectivity index (χ3n) is 4.14. The van der Waals surface area contributed by atoms with Crippen molar-refractivity contribution in [2.75, 3.05) is 13.1 Å². The van der Waals surface area contributed by atoms with Gasteiger partial charge >= 0.3 is 11.9 Å². The second-order valence-electron chi connectivity index (χ2n) is 6.90. The van der Waals surface area contributed by atoms with Gasteiger partial charge in [0.1, 0.15) is 12.1 Å². The number of amides is 2. The first-order chi connectivity index (χ1) is 14.9. The number of carboxylic acids is 2. The van der Waals surface area contributed by atoms with Crippen LogP contribution in [0, 0.1) is 0 Å². The summed E-state index contributed by atoms with van der Waals surface area (Å²) in [6, 6.07) is -3.57. The molecule has 0 bridgehead atoms. The lowest BCUT2D eigenvalue weighted by Gasteiger charge is -2.22. The number of carboxylic acid groups (broad SMARTS) is 2. The summed E-state index contributed by atoms with van der Waals surface area (Å²) in [6.07, 6.45) is 0.200. The van der Waals surface area contributed by atoms with E-state index in [1.807, 2.05) is 0 Å². The average Bonchev–Trinajstić information content (AvgIpc) is 2.69. The Morgan fingerprint density at radius 3 is 1.72 bits per heavy atom. The van der Waals surface area contributed by atoms with Crippen LogP contribution in [-0.2, 0) is 19.2 Å². The Bertz CT molecular complexity index is 705. The molecule has 0 fully saturated rings. The molecule has 0 aromatic carbocycles. The van der Waals surface area contributed by atoms with E-state index in [4.69, 9.17) is 33.8 Å². The fraction of sp³-hybridized carbons (Fsp3) is 0.647. The van der Waals surface area contributed by atoms with E-state index in [2.05, 4.69) is 20.6 Å². The van der Waals surface area contributed by atoms with Crippen molar-refractivity contribution in [3.8, 4) is 0 Å². The van der Waals surface area contributed by atoms with E-state index in [1.54, 1.807) is 0 Å². The van der Waals surface area contributed by atoms with Gasteiger partial charge in [0, 0.05) is 19.5 Å². The van der Waals surface area contributed by atoms with Crippen molar-refractivity contribution in [3.63, 3.8) is 0 Å². The van der Waals surface area contributed by atoms with Crippen LogP contribution in [0.25, 0.3) is 0 Å². The first-order valence-corrected chi connectivity index (χ1v) is 9.85. The maximum atomic E-state index is 12.6. The molecule has 0 radical (unpaired) electrons. The summed E-state index contributed by atoms with van der Waals surface area (Å²) in [5.41, 5.74) is 26.6. The van der Waals surface area contributed by atoms with Gasteiger partial charge in [0.05, 0.1) is 6.04 Å². The van der Waals surface area contributed by atoms with Crippen molar-refractivity contribution in [1.29, 1.82) is 0 Å². The minimum atomic E-state index is -1.30. The largest absolute Gasteiger partial charge is 0.481 e. The van der Waals surface area contributed by atoms with Crippen LogP contribution in [0.15, 0.2) is 9.98 Å². The fourth-order valence-corrected chi connectivity index (χ4v) is 2.50. The standard InChI is InChI=1S/C17H33N9O6/c18-9(3-1-7-23-16(19)20)13(29)25-10(5-6-12(27)28)14(30)26-11(15(31)32)4-2-8-24-17(21)22/h9-11H,1-8,18H2,(H,25,29)(H,26,30)(H,27,28)(H,31,32)(H4,19,20,23)(H4,21,22,24). The van der Waals surface area contributed by atoms with Crippen LogP contribution >= 0.6 is 0 Å². The smallest absolute Gasteiger partial charge is 0.326 e. The summed E-state index contributed by atoms with van der Waals surface area (Å²) >= 11 is 0. The molecule has 0 aromatic heterocycles. The van der Waals surface area contributed by atoms with Gasteiger partial charge in [-0.25, -0.2) is 4.79 Å². The average molecular weight is 460 g/mol. The maximum Gasteiger partial charge on any atom is 0.326 e. The molecule has 0 saturated carbocycles. The zero-order valence-corrected chi connectivity index (χ0v) is 17.7. The minimum Gasteiger partial charge on any atom is -0.481 e. The van der Waals surface area contributed by atoms with Gasteiger partial charge in [0.15, 0.2) is 11.9 Å². The molecule has 2 amide bonds. The molecule has 14 N–H and O–H groups in total. The monoisotopic (exact) mass is 459 g/mol. The first kappa shape index (κ1) is 28.4. The maximum absolute atomic E-state index is 12.6. The number of nitrogens with two attached hydrogens (primary N) is 5. The van der Waals surface area contributed by atoms with Crippen LogP contribution < -0.4 is 39.3 Å². The topological polar surface area (TPSA) is 288 Å². The van der Waals surface area contributed by atoms with Gasteiger partial charge in [-0.15, -0.1) is 0 Å². The van der Waals surface area contributed by atoms with E-state index in [0.29, 0.717) is 6.42 Å². The van der Waals surface area contributed by atoms with E-state index in [-0.39, 0.29) is 50.7 Å². The van der Waals surface area contributed by atoms with Crippen molar-refractivity contribution in [3.05, 3.63) is 0 Å². The zero-order valence-electron chi connectivity index (χ0n) is 17.7. The highest BCUT2D eigenvalue weighted by Crippen LogP contribution is 2.05. The summed E-state index contributed by atoms with van der Waals surface area (Å²) in [6.45, 7) is 0.419. The lowest BCUT2D eigenvalue weighted by molar-refractivity contribution is -0.143. The first-order valence-electron chi connectivity index (χ1n) is 9.85. The molecule has 182 valence electrons. The number of carbonyl (C=O) groups excluding carboxylic acids is 2. The van der Waals surface area contributed by atoms with Gasteiger partial charge in [0.25, 0.3) is 0 Å². The number of hydrogen-bond acceptors (Lipinski definition) is 7. The lowest BCUT2D eigenvalue weighted by atomic mass is 10.1. The Hall–Kier alpha value is -3.62. The Morgan fingerprint density at radius 1 is 0.750 bits per heavy atom. The molecule has 0 heterocycles. The summed E-state index contributed by atoms with van der Waals surface area (Å²) in [5, 5.41) is 22.9. The van der Waals surface area contributed by atoms with E-state index in [0.717, 1.165) is 0 Å². The van der Waals surface area contributed by atoms with Gasteiger partial charge in [0.2, 0.25) is 11.8 Å². The van der Waals surface area contributed by atoms with Crippen molar-refractivity contribution in [1.82, 2.24) is 10.6 Å². The van der Waals surface area contributed by atoms with Crippen LogP contribution in [0.1, 0.15) is 38.5 Å². The molecule has 15 nitrogen and oxygen atoms in total. The Morgan fingerprint density at radius 2 is 1.25 bits per heavy atom. The molecule has 0 aromatic rings. The van der Waals surface area contributed by atoms with E-state index in [1.165, 1.54) is 0 Å². The molecule has 0 spiro atoms. The number of aliphatic carboxylic acids is 2. The van der Waals surface area contributed by atoms with Gasteiger partial charge < -0.3 is 49.5 Å². The molecular formula is C17H33N9O6. The molecule has 15 heteroatoms. The predicted octanol–water partition coefficient (Wildman–Crippen LogP) is -3.66. The number of guanidine groups is 2. The molecule has 3 atom stereocenters. The highest BCUT2D eigenvalue weighted by Gasteiger charge is 2.28. The third kappa shape index (κ3) is 13.6. The summed E-state index contributed by atoms with van der Waals surface area (Å²) in [5.74, 6) is -4.28. The number of nitrogens with one attached hydrogen (secondary N) is 2. The SMILES string of the molecule is NC(N)=NCCCC(N)C(=O)NC(CCC(=O)O)C(=O)NC(CCCN=C(N)N)C(=O)O. The molecule has 0 rings (SSSR count). The highest BCUT2D eigenvalue weighted by molar-refractivity contribution is 5.92. The summed E-state index contributed by atoms with van der Waals surface area (Å²) < 4.78 is 0. The third-order valence-corrected chi connectivity index (χ3v) is 4.14. The number of carbonyl (C=O) groups is 4. The van der Waals surface area contributed by atoms with Crippen LogP contribution in [0.2, 0.25) is 0 Å². The van der Waals surface area contributed by atoms with Crippen molar-refractivity contribution in [2.45, 2.75) is 56.7 Å². The molecule has 32 heavy (non-hydrogen) atoms. The second kappa shape index (κ2) is 15.2. The predicted molar refractivity (Wildman–Crippen MR) is 116 cm³/mol. The highest BCUT2D eigenvalue weighted by atomic mass is 16.4. The lowest BCUT2D eigenvalue weighted by Crippen LogP contribution is -2.54. The van der Waals surface area contributed by atoms with E-state index >= 15 is 0 Å². The second-order valence-corrected chi connectivity index (χ2v) is 6.90. The number of hydrogen-bond donors (Lipinski definition) is 9. The zero-order chi connectivity index (χ0) is 24.7. The normalized spacial score (nSPS) is 13.2. The van der Waals surface area contributed by atoms with Gasteiger partial charge in [-0.3, -0.25) is 24.4 Å². The molecule has 0 aliphatic carbocycles. The van der Waals surface area contributed by atoms with Crippen molar-refractivity contribution >= 4 is 35.7 Å². The number of nitrogens with zero attached hydrogens (tertiary/aromatic N) is 2. The Kier molecular flexibility index (Phi) is 13.5. The molecule has 3 unspecified atom stereocenters. The number of aliphatic imine (C=N–C) groups is 2. The van der Waals surface area contributed by atoms with Crippen LogP contribution in [0.4, 0.5) is 0 Å². The van der Waals surface area contributed by atoms with Crippen LogP contribution in [0.5, 0.6) is 0 Å². The van der Waals surface area contributed by atoms with Gasteiger partial charge in [-0.2, -0.15) is 0 Å². The number of rotatable bonds is 16. The molecule has 0 aliphatic rings. The fourth-order valence-electron chi connectivity index (χ4n) is 2.50. The Labute approximate surface area is 184 Å². The van der Waals surface area contributed by atoms with Gasteiger partial charge in [-0.05, 0) is 32.1 Å². The quantitative estimate of drug-likeness (QED) is 0.0615. The van der Waals surface area contributed by atoms with Gasteiger partial charge in [-0.1, -0.05) is 0 Å². The molecule has 0 aliphatic heterocycles. The summed E-state index contributed by atoms with van der Waals surface area (Å²) in [4.78, 5) is 54.7. The molecular weight excluding hydrogens is 426 g/mol. The van der Waals surface area contributed by atoms with E-state index < -0.39 is 48.3 Å². The van der Waals surface area contributed by atoms with E-state index in [9.17, 15) is 24.3 Å². The summed E-state index contributed by atoms with van der Waals surface area (Å²) in [7, 11) is 0. The van der Waals surface area contributed by atoms with Crippen LogP contribution in [-0.4, -0.2) is 77.1 Å². The van der Waals surface area contributed by atoms with Crippen molar-refractivity contribution < 1.29 is 29.4 Å². The Balaban J connectivity index is 5.00. The molecule has 0 saturated heterocycles. The minimum absolute atomic E-state index is 0.0156. The van der Waals surface area contributed by atoms with Crippen LogP contribution in [0.3, 0.4) is 0 Å². The van der Waals surface area contributed by atoms with Crippen molar-refractivity contribution in [2.24, 2.45) is 38.7 Å².